The topological polar surface area (TPSA) is 277 Å². The number of thioether (sulfide) groups is 4. The molecule has 0 aliphatic rings. The molecule has 0 radical (unpaired) electrons. The summed E-state index contributed by atoms with van der Waals surface area (Å²) in [5, 5.41) is 53.2. The SMILES string of the molecule is CC(=O)N[C@@H](CSC/C=C(\C)CC/C=C(\C)CCC=C(C)C)C(=O)[O-].CC(=O)N[C@@H](CSC/C=C(\C)CC/C=C(\C)CCC=C(C)C)C(=O)[O-].CC(=O)N[C@@H](CSC/C=C(\C)CC/C=C(\C)CCC=C(C)C)C(=O)[O-].CC(=O)N[C@@H](CSC/C=C(\C)CC/C=C(\C)CCC=C(C)C)C(=O)[O-].[Ti+4]. The molecule has 0 aromatic heterocycles. The summed E-state index contributed by atoms with van der Waals surface area (Å²) in [6.45, 7) is 39.3. The van der Waals surface area contributed by atoms with E-state index in [1.54, 1.807) is 0 Å². The van der Waals surface area contributed by atoms with Crippen LogP contribution in [0, 0.1) is 0 Å². The molecule has 0 rings (SSSR count). The standard InChI is InChI=1S/4C20H33NO3S.Ti/c4*1-15(2)8-6-9-16(3)10-7-11-17(4)12-13-25-14-19(20(23)24)21-18(5)22;/h4*8,10,12,19H,6-7,9,11,13-14H2,1-5H3,(H,21,22)(H,23,24);/q;;;;+4/p-4/b4*16-10+,17-12+;/t4*19-;/m0000./s1. The first-order valence-electron chi connectivity index (χ1n) is 34.9. The number of hydrogen-bond donors (Lipinski definition) is 4. The van der Waals surface area contributed by atoms with Crippen molar-refractivity contribution in [2.45, 2.75) is 265 Å². The molecule has 0 heterocycles. The third-order valence-corrected chi connectivity index (χ3v) is 18.4. The van der Waals surface area contributed by atoms with Crippen molar-refractivity contribution in [1.29, 1.82) is 0 Å². The van der Waals surface area contributed by atoms with Crippen molar-refractivity contribution in [2.24, 2.45) is 0 Å². The maximum Gasteiger partial charge on any atom is 4.00 e. The molecule has 101 heavy (non-hydrogen) atoms. The molecule has 4 atom stereocenters. The summed E-state index contributed by atoms with van der Waals surface area (Å²) >= 11 is 5.92. The number of carbonyl (C=O) groups excluding carboxylic acids is 8. The average Bonchev–Trinajstić information content (AvgIpc) is 1.33. The van der Waals surface area contributed by atoms with Crippen molar-refractivity contribution >= 4 is 94.6 Å². The van der Waals surface area contributed by atoms with Crippen LogP contribution in [0.3, 0.4) is 0 Å². The molecule has 0 unspecified atom stereocenters. The largest absolute Gasteiger partial charge is 4.00 e. The number of allylic oxidation sites excluding steroid dienone is 20. The van der Waals surface area contributed by atoms with E-state index in [0.717, 1.165) is 126 Å². The van der Waals surface area contributed by atoms with E-state index in [1.807, 2.05) is 0 Å². The zero-order chi connectivity index (χ0) is 77.0. The van der Waals surface area contributed by atoms with E-state index in [0.29, 0.717) is 23.0 Å². The zero-order valence-corrected chi connectivity index (χ0v) is 70.1. The van der Waals surface area contributed by atoms with Crippen LogP contribution in [0.2, 0.25) is 0 Å². The molecule has 0 aromatic rings. The molecule has 4 N–H and O–H groups in total. The van der Waals surface area contributed by atoms with E-state index in [-0.39, 0.29) is 45.3 Å². The van der Waals surface area contributed by atoms with Gasteiger partial charge in [0.05, 0.1) is 48.0 Å². The van der Waals surface area contributed by atoms with Crippen molar-refractivity contribution in [2.75, 3.05) is 46.0 Å². The molecule has 4 amide bonds. The summed E-state index contributed by atoms with van der Waals surface area (Å²) in [7, 11) is 0. The number of carbonyl (C=O) groups is 8. The Labute approximate surface area is 642 Å². The fraction of sp³-hybridized carbons (Fsp3) is 0.600. The molecule has 0 spiro atoms. The van der Waals surface area contributed by atoms with Crippen molar-refractivity contribution in [3.8, 4) is 0 Å². The molecule has 0 saturated heterocycles. The fourth-order valence-corrected chi connectivity index (χ4v) is 12.5. The summed E-state index contributed by atoms with van der Waals surface area (Å²) in [6, 6.07) is -3.71. The van der Waals surface area contributed by atoms with Gasteiger partial charge in [-0.3, -0.25) is 19.2 Å². The van der Waals surface area contributed by atoms with Gasteiger partial charge in [-0.1, -0.05) is 140 Å². The molecule has 0 aliphatic carbocycles. The van der Waals surface area contributed by atoms with Gasteiger partial charge in [-0.25, -0.2) is 0 Å². The Hall–Kier alpha value is -5.25. The predicted octanol–water partition coefficient (Wildman–Crippen LogP) is 13.6. The van der Waals surface area contributed by atoms with E-state index in [9.17, 15) is 58.8 Å². The minimum absolute atomic E-state index is 0. The van der Waals surface area contributed by atoms with Crippen LogP contribution in [0.4, 0.5) is 0 Å². The van der Waals surface area contributed by atoms with Gasteiger partial charge in [0.25, 0.3) is 0 Å². The predicted molar refractivity (Wildman–Crippen MR) is 421 cm³/mol. The van der Waals surface area contributed by atoms with Crippen LogP contribution in [-0.4, -0.2) is 118 Å². The molecular formula is C80H128N4O12S4Ti. The van der Waals surface area contributed by atoms with Crippen LogP contribution in [0.15, 0.2) is 140 Å². The van der Waals surface area contributed by atoms with Gasteiger partial charge in [-0.2, -0.15) is 47.0 Å². The second kappa shape index (κ2) is 67.9. The van der Waals surface area contributed by atoms with E-state index < -0.39 is 48.0 Å². The van der Waals surface area contributed by atoms with Gasteiger partial charge >= 0.3 is 21.7 Å². The van der Waals surface area contributed by atoms with Gasteiger partial charge in [0.2, 0.25) is 23.6 Å². The first-order chi connectivity index (χ1) is 46.9. The smallest absolute Gasteiger partial charge is 0.548 e. The van der Waals surface area contributed by atoms with Gasteiger partial charge in [0.15, 0.2) is 0 Å². The summed E-state index contributed by atoms with van der Waals surface area (Å²) in [5.41, 5.74) is 16.3. The van der Waals surface area contributed by atoms with Gasteiger partial charge in [-0.15, -0.1) is 0 Å². The first-order valence-corrected chi connectivity index (χ1v) is 39.5. The minimum Gasteiger partial charge on any atom is -0.548 e. The van der Waals surface area contributed by atoms with E-state index in [4.69, 9.17) is 0 Å². The third-order valence-electron chi connectivity index (χ3n) is 14.5. The Kier molecular flexibility index (Phi) is 70.2. The molecule has 0 aliphatic heterocycles. The monoisotopic (exact) mass is 1510 g/mol. The maximum atomic E-state index is 10.9. The van der Waals surface area contributed by atoms with Crippen LogP contribution in [0.1, 0.15) is 241 Å². The second-order valence-corrected chi connectivity index (χ2v) is 30.6. The average molecular weight is 1510 g/mol. The van der Waals surface area contributed by atoms with Crippen LogP contribution in [-0.2, 0) is 60.1 Å². The molecular weight excluding hydrogens is 1390 g/mol. The van der Waals surface area contributed by atoms with E-state index >= 15 is 0 Å². The number of amides is 4. The van der Waals surface area contributed by atoms with Crippen LogP contribution in [0.5, 0.6) is 0 Å². The van der Waals surface area contributed by atoms with Gasteiger partial charge in [0, 0.05) is 73.7 Å². The summed E-state index contributed by atoms with van der Waals surface area (Å²) < 4.78 is 0. The molecule has 0 fully saturated rings. The molecule has 16 nitrogen and oxygen atoms in total. The van der Waals surface area contributed by atoms with Crippen molar-refractivity contribution in [3.63, 3.8) is 0 Å². The number of nitrogens with one attached hydrogen (secondary N) is 4. The molecule has 0 bridgehead atoms. The number of aliphatic carboxylic acids is 4. The number of carboxylic acids is 4. The molecule has 0 saturated carbocycles. The minimum atomic E-state index is -1.24. The van der Waals surface area contributed by atoms with Crippen LogP contribution >= 0.6 is 47.0 Å². The Balaban J connectivity index is -0.000000404. The fourth-order valence-electron chi connectivity index (χ4n) is 8.56. The summed E-state index contributed by atoms with van der Waals surface area (Å²) in [6.07, 6.45) is 43.7. The molecule has 568 valence electrons. The quantitative estimate of drug-likeness (QED) is 0.0250. The van der Waals surface area contributed by atoms with E-state index in [2.05, 4.69) is 205 Å². The van der Waals surface area contributed by atoms with E-state index in [1.165, 1.54) is 142 Å². The summed E-state index contributed by atoms with van der Waals surface area (Å²) in [4.78, 5) is 87.4. The maximum absolute atomic E-state index is 10.9. The van der Waals surface area contributed by atoms with Crippen molar-refractivity contribution < 1.29 is 80.5 Å². The van der Waals surface area contributed by atoms with Crippen molar-refractivity contribution in [3.05, 3.63) is 140 Å². The van der Waals surface area contributed by atoms with Crippen LogP contribution in [0.25, 0.3) is 0 Å². The molecule has 0 aromatic carbocycles. The van der Waals surface area contributed by atoms with Crippen molar-refractivity contribution in [1.82, 2.24) is 21.3 Å². The molecule has 21 heteroatoms. The Morgan fingerprint density at radius 2 is 0.386 bits per heavy atom. The second-order valence-electron chi connectivity index (χ2n) is 26.3. The number of carboxylic acid groups (broad SMARTS) is 4. The van der Waals surface area contributed by atoms with Gasteiger partial charge in [0.1, 0.15) is 0 Å². The first kappa shape index (κ1) is 104. The Bertz CT molecular complexity index is 2450. The van der Waals surface area contributed by atoms with Crippen LogP contribution < -0.4 is 41.7 Å². The Morgan fingerprint density at radius 1 is 0.248 bits per heavy atom. The summed E-state index contributed by atoms with van der Waals surface area (Å²) in [5.74, 6) is -2.17. The Morgan fingerprint density at radius 3 is 0.515 bits per heavy atom. The van der Waals surface area contributed by atoms with Gasteiger partial charge in [-0.05, 0) is 214 Å². The number of hydrogen-bond acceptors (Lipinski definition) is 16. The number of rotatable bonds is 48. The normalized spacial score (nSPS) is 13.2. The zero-order valence-electron chi connectivity index (χ0n) is 65.2. The third kappa shape index (κ3) is 77.2. The van der Waals surface area contributed by atoms with Gasteiger partial charge < -0.3 is 60.9 Å².